The van der Waals surface area contributed by atoms with Crippen molar-refractivity contribution in [2.75, 3.05) is 0 Å². The second-order valence-corrected chi connectivity index (χ2v) is 5.56. The molecule has 0 unspecified atom stereocenters. The van der Waals surface area contributed by atoms with Gasteiger partial charge in [0.1, 0.15) is 5.82 Å². The Morgan fingerprint density at radius 1 is 1.35 bits per heavy atom. The number of benzene rings is 1. The number of halogens is 1. The second-order valence-electron chi connectivity index (χ2n) is 5.56. The number of nitro benzene ring substituents is 1. The zero-order valence-corrected chi connectivity index (χ0v) is 11.7. The molecule has 1 rings (SSSR count). The molecule has 7 heteroatoms. The first-order valence-electron chi connectivity index (χ1n) is 5.94. The molecule has 1 amide bonds. The fraction of sp³-hybridized carbons (Fsp3) is 0.462. The zero-order chi connectivity index (χ0) is 15.7. The van der Waals surface area contributed by atoms with Crippen LogP contribution >= 0.6 is 0 Å². The third-order valence-corrected chi connectivity index (χ3v) is 3.36. The Morgan fingerprint density at radius 2 is 1.90 bits per heavy atom. The highest BCUT2D eigenvalue weighted by atomic mass is 19.1. The van der Waals surface area contributed by atoms with E-state index < -0.39 is 33.4 Å². The predicted octanol–water partition coefficient (Wildman–Crippen LogP) is 2.01. The first-order chi connectivity index (χ1) is 8.95. The maximum Gasteiger partial charge on any atom is 0.270 e. The van der Waals surface area contributed by atoms with Crippen molar-refractivity contribution in [3.8, 4) is 0 Å². The van der Waals surface area contributed by atoms with Gasteiger partial charge in [0.15, 0.2) is 0 Å². The van der Waals surface area contributed by atoms with Gasteiger partial charge in [-0.1, -0.05) is 0 Å². The number of hydrogen-bond donors (Lipinski definition) is 2. The largest absolute Gasteiger partial charge is 0.388 e. The lowest BCUT2D eigenvalue weighted by Crippen LogP contribution is -2.57. The predicted molar refractivity (Wildman–Crippen MR) is 70.9 cm³/mol. The molecule has 0 fully saturated rings. The van der Waals surface area contributed by atoms with Crippen LogP contribution in [0.25, 0.3) is 0 Å². The number of hydrogen-bond acceptors (Lipinski definition) is 4. The molecule has 20 heavy (non-hydrogen) atoms. The number of nitro groups is 1. The topological polar surface area (TPSA) is 92.5 Å². The van der Waals surface area contributed by atoms with Crippen LogP contribution in [0.3, 0.4) is 0 Å². The Kier molecular flexibility index (Phi) is 4.14. The van der Waals surface area contributed by atoms with Crippen LogP contribution in [-0.2, 0) is 0 Å². The van der Waals surface area contributed by atoms with Crippen LogP contribution in [0, 0.1) is 15.9 Å². The molecule has 110 valence electrons. The minimum atomic E-state index is -1.25. The van der Waals surface area contributed by atoms with E-state index in [9.17, 15) is 24.4 Å². The van der Waals surface area contributed by atoms with Gasteiger partial charge in [-0.15, -0.1) is 0 Å². The van der Waals surface area contributed by atoms with Gasteiger partial charge in [-0.25, -0.2) is 4.39 Å². The van der Waals surface area contributed by atoms with Crippen molar-refractivity contribution in [3.63, 3.8) is 0 Å². The number of carbonyl (C=O) groups is 1. The van der Waals surface area contributed by atoms with Gasteiger partial charge in [-0.2, -0.15) is 0 Å². The first-order valence-corrected chi connectivity index (χ1v) is 5.94. The summed E-state index contributed by atoms with van der Waals surface area (Å²) in [5.41, 5.74) is -3.10. The minimum Gasteiger partial charge on any atom is -0.388 e. The van der Waals surface area contributed by atoms with E-state index in [1.54, 1.807) is 13.8 Å². The molecule has 2 N–H and O–H groups in total. The van der Waals surface area contributed by atoms with E-state index in [4.69, 9.17) is 0 Å². The maximum atomic E-state index is 13.6. The molecule has 0 saturated heterocycles. The molecule has 0 radical (unpaired) electrons. The zero-order valence-electron chi connectivity index (χ0n) is 11.7. The molecule has 0 aromatic heterocycles. The Bertz CT molecular complexity index is 550. The quantitative estimate of drug-likeness (QED) is 0.653. The van der Waals surface area contributed by atoms with Gasteiger partial charge < -0.3 is 10.4 Å². The Hall–Kier alpha value is -2.02. The van der Waals surface area contributed by atoms with Crippen molar-refractivity contribution < 1.29 is 19.2 Å². The van der Waals surface area contributed by atoms with Gasteiger partial charge >= 0.3 is 0 Å². The lowest BCUT2D eigenvalue weighted by Gasteiger charge is -2.38. The summed E-state index contributed by atoms with van der Waals surface area (Å²) < 4.78 is 13.6. The average Bonchev–Trinajstić information content (AvgIpc) is 2.26. The Morgan fingerprint density at radius 3 is 2.35 bits per heavy atom. The van der Waals surface area contributed by atoms with Gasteiger partial charge in [0, 0.05) is 12.1 Å². The number of carbonyl (C=O) groups excluding carboxylic acids is 1. The highest BCUT2D eigenvalue weighted by Gasteiger charge is 2.37. The minimum absolute atomic E-state index is 0.377. The van der Waals surface area contributed by atoms with Crippen molar-refractivity contribution >= 4 is 11.6 Å². The summed E-state index contributed by atoms with van der Waals surface area (Å²) in [6.07, 6.45) is 0. The SMILES string of the molecule is CC(C)(O)C(C)(C)NC(=O)c1cc([N+](=O)[O-])ccc1F. The van der Waals surface area contributed by atoms with E-state index in [0.29, 0.717) is 0 Å². The van der Waals surface area contributed by atoms with Gasteiger partial charge in [0.2, 0.25) is 0 Å². The second kappa shape index (κ2) is 5.16. The molecule has 0 heterocycles. The fourth-order valence-electron chi connectivity index (χ4n) is 1.30. The Balaban J connectivity index is 3.10. The molecule has 0 bridgehead atoms. The van der Waals surface area contributed by atoms with E-state index in [0.717, 1.165) is 18.2 Å². The standard InChI is InChI=1S/C13H17FN2O4/c1-12(2,13(3,4)18)15-11(17)9-7-8(16(19)20)5-6-10(9)14/h5-7,18H,1-4H3,(H,15,17). The number of nitrogens with zero attached hydrogens (tertiary/aromatic N) is 1. The molecule has 0 saturated carbocycles. The Labute approximate surface area is 115 Å². The maximum absolute atomic E-state index is 13.6. The van der Waals surface area contributed by atoms with Crippen molar-refractivity contribution in [1.29, 1.82) is 0 Å². The number of rotatable bonds is 4. The van der Waals surface area contributed by atoms with E-state index in [-0.39, 0.29) is 5.69 Å². The van der Waals surface area contributed by atoms with Gasteiger partial charge in [0.25, 0.3) is 11.6 Å². The van der Waals surface area contributed by atoms with E-state index in [1.165, 1.54) is 13.8 Å². The molecule has 1 aromatic carbocycles. The lowest BCUT2D eigenvalue weighted by atomic mass is 9.85. The number of nitrogens with one attached hydrogen (secondary N) is 1. The molecule has 0 aliphatic carbocycles. The highest BCUT2D eigenvalue weighted by Crippen LogP contribution is 2.22. The van der Waals surface area contributed by atoms with Crippen LogP contribution in [0.4, 0.5) is 10.1 Å². The molecule has 0 atom stereocenters. The summed E-state index contributed by atoms with van der Waals surface area (Å²) in [5.74, 6) is -1.68. The van der Waals surface area contributed by atoms with Gasteiger partial charge in [-0.05, 0) is 33.8 Å². The molecule has 0 aliphatic rings. The smallest absolute Gasteiger partial charge is 0.270 e. The van der Waals surface area contributed by atoms with Crippen molar-refractivity contribution in [1.82, 2.24) is 5.32 Å². The highest BCUT2D eigenvalue weighted by molar-refractivity contribution is 5.95. The summed E-state index contributed by atoms with van der Waals surface area (Å²) in [6, 6.07) is 2.71. The van der Waals surface area contributed by atoms with Crippen LogP contribution < -0.4 is 5.32 Å². The summed E-state index contributed by atoms with van der Waals surface area (Å²) in [4.78, 5) is 21.9. The summed E-state index contributed by atoms with van der Waals surface area (Å²) in [6.45, 7) is 6.13. The third kappa shape index (κ3) is 3.30. The molecule has 0 aliphatic heterocycles. The molecular formula is C13H17FN2O4. The van der Waals surface area contributed by atoms with Gasteiger partial charge in [0.05, 0.1) is 21.6 Å². The first kappa shape index (κ1) is 16.0. The van der Waals surface area contributed by atoms with Crippen LogP contribution in [0.2, 0.25) is 0 Å². The van der Waals surface area contributed by atoms with E-state index in [1.807, 2.05) is 0 Å². The van der Waals surface area contributed by atoms with Crippen molar-refractivity contribution in [2.45, 2.75) is 38.8 Å². The fourth-order valence-corrected chi connectivity index (χ4v) is 1.30. The summed E-state index contributed by atoms with van der Waals surface area (Å²) in [5, 5.41) is 23.0. The monoisotopic (exact) mass is 284 g/mol. The number of non-ortho nitro benzene ring substituents is 1. The van der Waals surface area contributed by atoms with E-state index >= 15 is 0 Å². The normalized spacial score (nSPS) is 12.1. The molecule has 6 nitrogen and oxygen atoms in total. The van der Waals surface area contributed by atoms with Crippen LogP contribution in [-0.4, -0.2) is 27.1 Å². The summed E-state index contributed by atoms with van der Waals surface area (Å²) in [7, 11) is 0. The molecule has 1 aromatic rings. The molecular weight excluding hydrogens is 267 g/mol. The molecule has 0 spiro atoms. The van der Waals surface area contributed by atoms with Gasteiger partial charge in [-0.3, -0.25) is 14.9 Å². The van der Waals surface area contributed by atoms with Crippen molar-refractivity contribution in [3.05, 3.63) is 39.7 Å². The van der Waals surface area contributed by atoms with Crippen LogP contribution in [0.1, 0.15) is 38.1 Å². The summed E-state index contributed by atoms with van der Waals surface area (Å²) >= 11 is 0. The van der Waals surface area contributed by atoms with E-state index in [2.05, 4.69) is 5.32 Å². The van der Waals surface area contributed by atoms with Crippen LogP contribution in [0.15, 0.2) is 18.2 Å². The third-order valence-electron chi connectivity index (χ3n) is 3.36. The number of amides is 1. The number of aliphatic hydroxyl groups is 1. The lowest BCUT2D eigenvalue weighted by molar-refractivity contribution is -0.384. The average molecular weight is 284 g/mol. The van der Waals surface area contributed by atoms with Crippen LogP contribution in [0.5, 0.6) is 0 Å². The van der Waals surface area contributed by atoms with Crippen molar-refractivity contribution in [2.24, 2.45) is 0 Å².